The second-order valence-corrected chi connectivity index (χ2v) is 3.53. The molecule has 0 bridgehead atoms. The Bertz CT molecular complexity index is 314. The lowest BCUT2D eigenvalue weighted by molar-refractivity contribution is -0.122. The Labute approximate surface area is 95.8 Å². The molecule has 0 aliphatic rings. The number of methoxy groups -OCH3 is 1. The largest absolute Gasteiger partial charge is 0.385 e. The van der Waals surface area contributed by atoms with Crippen molar-refractivity contribution in [2.45, 2.75) is 12.5 Å². The maximum absolute atomic E-state index is 11.6. The smallest absolute Gasteiger partial charge is 0.241 e. The molecule has 0 heterocycles. The Morgan fingerprint density at radius 1 is 1.44 bits per heavy atom. The first-order valence-corrected chi connectivity index (χ1v) is 5.33. The average Bonchev–Trinajstić information content (AvgIpc) is 2.34. The fraction of sp³-hybridized carbons (Fsp3) is 0.417. The highest BCUT2D eigenvalue weighted by Crippen LogP contribution is 2.08. The molecule has 1 amide bonds. The van der Waals surface area contributed by atoms with Gasteiger partial charge in [-0.2, -0.15) is 0 Å². The highest BCUT2D eigenvalue weighted by atomic mass is 16.5. The van der Waals surface area contributed by atoms with Crippen LogP contribution in [0.15, 0.2) is 30.3 Å². The molecule has 4 nitrogen and oxygen atoms in total. The number of nitrogens with two attached hydrogens (primary N) is 1. The van der Waals surface area contributed by atoms with E-state index in [-0.39, 0.29) is 5.91 Å². The highest BCUT2D eigenvalue weighted by molar-refractivity contribution is 5.82. The molecule has 0 aliphatic heterocycles. The van der Waals surface area contributed by atoms with Gasteiger partial charge in [0.25, 0.3) is 0 Å². The van der Waals surface area contributed by atoms with Crippen molar-refractivity contribution < 1.29 is 9.53 Å². The van der Waals surface area contributed by atoms with Crippen molar-refractivity contribution >= 4 is 5.91 Å². The van der Waals surface area contributed by atoms with E-state index in [1.54, 1.807) is 7.11 Å². The standard InChI is InChI=1S/C12H18N2O2/c1-16-9-5-8-14-12(15)11(13)10-6-3-2-4-7-10/h2-4,6-7,11H,5,8-9,13H2,1H3,(H,14,15)/t11-/m0/s1. The van der Waals surface area contributed by atoms with Gasteiger partial charge in [0.05, 0.1) is 0 Å². The van der Waals surface area contributed by atoms with Gasteiger partial charge < -0.3 is 15.8 Å². The van der Waals surface area contributed by atoms with Gasteiger partial charge in [-0.05, 0) is 12.0 Å². The molecule has 1 aromatic carbocycles. The molecule has 0 radical (unpaired) electrons. The summed E-state index contributed by atoms with van der Waals surface area (Å²) in [5.41, 5.74) is 6.64. The Kier molecular flexibility index (Phi) is 5.53. The first-order valence-electron chi connectivity index (χ1n) is 5.33. The molecule has 0 aliphatic carbocycles. The van der Waals surface area contributed by atoms with Crippen molar-refractivity contribution in [3.63, 3.8) is 0 Å². The number of amides is 1. The number of hydrogen-bond donors (Lipinski definition) is 2. The minimum Gasteiger partial charge on any atom is -0.385 e. The van der Waals surface area contributed by atoms with Crippen molar-refractivity contribution in [3.8, 4) is 0 Å². The van der Waals surface area contributed by atoms with Crippen LogP contribution in [0.1, 0.15) is 18.0 Å². The van der Waals surface area contributed by atoms with Crippen LogP contribution in [0.3, 0.4) is 0 Å². The van der Waals surface area contributed by atoms with Crippen LogP contribution in [0.4, 0.5) is 0 Å². The molecular weight excluding hydrogens is 204 g/mol. The van der Waals surface area contributed by atoms with E-state index in [0.717, 1.165) is 12.0 Å². The van der Waals surface area contributed by atoms with Crippen LogP contribution in [0.2, 0.25) is 0 Å². The number of carbonyl (C=O) groups excluding carboxylic acids is 1. The zero-order valence-electron chi connectivity index (χ0n) is 9.48. The van der Waals surface area contributed by atoms with E-state index in [9.17, 15) is 4.79 Å². The molecular formula is C12H18N2O2. The highest BCUT2D eigenvalue weighted by Gasteiger charge is 2.14. The Morgan fingerprint density at radius 2 is 2.12 bits per heavy atom. The molecule has 1 atom stereocenters. The van der Waals surface area contributed by atoms with Gasteiger partial charge in [-0.25, -0.2) is 0 Å². The van der Waals surface area contributed by atoms with Crippen LogP contribution >= 0.6 is 0 Å². The molecule has 16 heavy (non-hydrogen) atoms. The van der Waals surface area contributed by atoms with Crippen LogP contribution in [-0.4, -0.2) is 26.2 Å². The van der Waals surface area contributed by atoms with Gasteiger partial charge in [0, 0.05) is 20.3 Å². The zero-order valence-corrected chi connectivity index (χ0v) is 9.48. The lowest BCUT2D eigenvalue weighted by Crippen LogP contribution is -2.34. The van der Waals surface area contributed by atoms with E-state index in [1.165, 1.54) is 0 Å². The molecule has 4 heteroatoms. The maximum atomic E-state index is 11.6. The van der Waals surface area contributed by atoms with Crippen LogP contribution < -0.4 is 11.1 Å². The van der Waals surface area contributed by atoms with Crippen molar-refractivity contribution in [2.24, 2.45) is 5.73 Å². The summed E-state index contributed by atoms with van der Waals surface area (Å²) in [6.45, 7) is 1.23. The average molecular weight is 222 g/mol. The van der Waals surface area contributed by atoms with Crippen LogP contribution in [0, 0.1) is 0 Å². The van der Waals surface area contributed by atoms with Gasteiger partial charge >= 0.3 is 0 Å². The summed E-state index contributed by atoms with van der Waals surface area (Å²) in [7, 11) is 1.64. The summed E-state index contributed by atoms with van der Waals surface area (Å²) in [4.78, 5) is 11.6. The van der Waals surface area contributed by atoms with E-state index in [0.29, 0.717) is 13.2 Å². The van der Waals surface area contributed by atoms with Gasteiger partial charge in [0.1, 0.15) is 6.04 Å². The van der Waals surface area contributed by atoms with E-state index in [1.807, 2.05) is 30.3 Å². The van der Waals surface area contributed by atoms with Gasteiger partial charge in [-0.1, -0.05) is 30.3 Å². The predicted octanol–water partition coefficient (Wildman–Crippen LogP) is 0.839. The van der Waals surface area contributed by atoms with Crippen LogP contribution in [0.25, 0.3) is 0 Å². The van der Waals surface area contributed by atoms with Crippen molar-refractivity contribution in [2.75, 3.05) is 20.3 Å². The normalized spacial score (nSPS) is 12.1. The number of hydrogen-bond acceptors (Lipinski definition) is 3. The van der Waals surface area contributed by atoms with Gasteiger partial charge in [0.15, 0.2) is 0 Å². The molecule has 0 spiro atoms. The van der Waals surface area contributed by atoms with Crippen LogP contribution in [0.5, 0.6) is 0 Å². The molecule has 0 saturated carbocycles. The Morgan fingerprint density at radius 3 is 2.75 bits per heavy atom. The first kappa shape index (κ1) is 12.7. The Hall–Kier alpha value is -1.39. The van der Waals surface area contributed by atoms with Gasteiger partial charge in [-0.15, -0.1) is 0 Å². The lowest BCUT2D eigenvalue weighted by Gasteiger charge is -2.12. The van der Waals surface area contributed by atoms with E-state index in [4.69, 9.17) is 10.5 Å². The van der Waals surface area contributed by atoms with E-state index >= 15 is 0 Å². The second kappa shape index (κ2) is 6.98. The SMILES string of the molecule is COCCCNC(=O)[C@@H](N)c1ccccc1. The quantitative estimate of drug-likeness (QED) is 0.701. The second-order valence-electron chi connectivity index (χ2n) is 3.53. The molecule has 0 saturated heterocycles. The molecule has 88 valence electrons. The monoisotopic (exact) mass is 222 g/mol. The third-order valence-corrected chi connectivity index (χ3v) is 2.27. The maximum Gasteiger partial charge on any atom is 0.241 e. The van der Waals surface area contributed by atoms with Gasteiger partial charge in [-0.3, -0.25) is 4.79 Å². The number of carbonyl (C=O) groups is 1. The fourth-order valence-electron chi connectivity index (χ4n) is 1.35. The Balaban J connectivity index is 2.37. The molecule has 0 aromatic heterocycles. The third-order valence-electron chi connectivity index (χ3n) is 2.27. The van der Waals surface area contributed by atoms with Crippen molar-refractivity contribution in [1.29, 1.82) is 0 Å². The molecule has 0 unspecified atom stereocenters. The lowest BCUT2D eigenvalue weighted by atomic mass is 10.1. The summed E-state index contributed by atoms with van der Waals surface area (Å²) < 4.78 is 4.89. The molecule has 0 fully saturated rings. The summed E-state index contributed by atoms with van der Waals surface area (Å²) in [6.07, 6.45) is 0.795. The number of benzene rings is 1. The summed E-state index contributed by atoms with van der Waals surface area (Å²) >= 11 is 0. The van der Waals surface area contributed by atoms with Crippen molar-refractivity contribution in [3.05, 3.63) is 35.9 Å². The summed E-state index contributed by atoms with van der Waals surface area (Å²) in [5.74, 6) is -0.151. The number of ether oxygens (including phenoxy) is 1. The van der Waals surface area contributed by atoms with Crippen molar-refractivity contribution in [1.82, 2.24) is 5.32 Å². The topological polar surface area (TPSA) is 64.3 Å². The number of rotatable bonds is 6. The molecule has 1 rings (SSSR count). The van der Waals surface area contributed by atoms with Crippen LogP contribution in [-0.2, 0) is 9.53 Å². The van der Waals surface area contributed by atoms with Gasteiger partial charge in [0.2, 0.25) is 5.91 Å². The molecule has 3 N–H and O–H groups in total. The minimum absolute atomic E-state index is 0.151. The number of nitrogens with one attached hydrogen (secondary N) is 1. The molecule has 1 aromatic rings. The predicted molar refractivity (Wildman–Crippen MR) is 62.9 cm³/mol. The van der Waals surface area contributed by atoms with E-state index in [2.05, 4.69) is 5.32 Å². The summed E-state index contributed by atoms with van der Waals surface area (Å²) in [6, 6.07) is 8.73. The fourth-order valence-corrected chi connectivity index (χ4v) is 1.35. The third kappa shape index (κ3) is 4.00. The first-order chi connectivity index (χ1) is 7.75. The minimum atomic E-state index is -0.594. The summed E-state index contributed by atoms with van der Waals surface area (Å²) in [5, 5.41) is 2.77. The zero-order chi connectivity index (χ0) is 11.8. The van der Waals surface area contributed by atoms with E-state index < -0.39 is 6.04 Å².